The predicted molar refractivity (Wildman–Crippen MR) is 58.8 cm³/mol. The van der Waals surface area contributed by atoms with Crippen LogP contribution < -0.4 is 5.32 Å². The zero-order valence-electron chi connectivity index (χ0n) is 8.84. The van der Waals surface area contributed by atoms with E-state index in [0.717, 1.165) is 19.6 Å². The molecule has 0 aliphatic carbocycles. The molecule has 0 bridgehead atoms. The first-order valence-electron chi connectivity index (χ1n) is 5.17. The molecule has 1 fully saturated rings. The Hall–Kier alpha value is -1.02. The first-order chi connectivity index (χ1) is 6.80. The highest BCUT2D eigenvalue weighted by molar-refractivity contribution is 5.45. The van der Waals surface area contributed by atoms with E-state index in [1.54, 1.807) is 0 Å². The molecular weight excluding hydrogens is 174 g/mol. The molecule has 1 aromatic carbocycles. The number of ether oxygens (including phenoxy) is 1. The third-order valence-corrected chi connectivity index (χ3v) is 3.22. The lowest BCUT2D eigenvalue weighted by molar-refractivity contribution is -0.0620. The molecule has 1 heterocycles. The molecule has 1 N–H and O–H groups in total. The van der Waals surface area contributed by atoms with Gasteiger partial charge >= 0.3 is 0 Å². The van der Waals surface area contributed by atoms with Crippen molar-refractivity contribution in [3.8, 4) is 0 Å². The average molecular weight is 191 g/mol. The molecule has 0 unspecified atom stereocenters. The van der Waals surface area contributed by atoms with Crippen molar-refractivity contribution in [2.45, 2.75) is 18.8 Å². The Labute approximate surface area is 85.3 Å². The number of hydrogen-bond acceptors (Lipinski definition) is 2. The van der Waals surface area contributed by atoms with Gasteiger partial charge in [-0.25, -0.2) is 0 Å². The topological polar surface area (TPSA) is 21.3 Å². The van der Waals surface area contributed by atoms with Gasteiger partial charge in [0.2, 0.25) is 0 Å². The van der Waals surface area contributed by atoms with Crippen molar-refractivity contribution in [2.24, 2.45) is 0 Å². The Morgan fingerprint density at radius 3 is 2.29 bits per heavy atom. The SMILES string of the molecule is CCC1(c2ccc(NC)cc2)COC1. The highest BCUT2D eigenvalue weighted by Crippen LogP contribution is 2.35. The Kier molecular flexibility index (Phi) is 2.46. The largest absolute Gasteiger partial charge is 0.388 e. The summed E-state index contributed by atoms with van der Waals surface area (Å²) in [5, 5.41) is 3.13. The van der Waals surface area contributed by atoms with Gasteiger partial charge in [-0.3, -0.25) is 0 Å². The lowest BCUT2D eigenvalue weighted by Crippen LogP contribution is -2.46. The summed E-state index contributed by atoms with van der Waals surface area (Å²) in [6.45, 7) is 3.99. The molecule has 76 valence electrons. The molecule has 2 rings (SSSR count). The molecule has 1 saturated heterocycles. The summed E-state index contributed by atoms with van der Waals surface area (Å²) >= 11 is 0. The van der Waals surface area contributed by atoms with Gasteiger partial charge in [0.1, 0.15) is 0 Å². The van der Waals surface area contributed by atoms with Crippen molar-refractivity contribution in [3.63, 3.8) is 0 Å². The Bertz CT molecular complexity index is 295. The quantitative estimate of drug-likeness (QED) is 0.792. The van der Waals surface area contributed by atoms with Crippen molar-refractivity contribution < 1.29 is 4.74 Å². The Balaban J connectivity index is 2.23. The molecule has 1 aliphatic heterocycles. The number of anilines is 1. The smallest absolute Gasteiger partial charge is 0.0585 e. The van der Waals surface area contributed by atoms with Crippen LogP contribution in [0.5, 0.6) is 0 Å². The van der Waals surface area contributed by atoms with Crippen LogP contribution >= 0.6 is 0 Å². The molecule has 2 nitrogen and oxygen atoms in total. The van der Waals surface area contributed by atoms with Crippen LogP contribution in [-0.2, 0) is 10.2 Å². The van der Waals surface area contributed by atoms with Gasteiger partial charge in [-0.15, -0.1) is 0 Å². The van der Waals surface area contributed by atoms with Crippen LogP contribution in [0, 0.1) is 0 Å². The number of hydrogen-bond donors (Lipinski definition) is 1. The second kappa shape index (κ2) is 3.62. The van der Waals surface area contributed by atoms with Gasteiger partial charge in [-0.2, -0.15) is 0 Å². The van der Waals surface area contributed by atoms with E-state index >= 15 is 0 Å². The first kappa shape index (κ1) is 9.53. The normalized spacial score (nSPS) is 18.7. The van der Waals surface area contributed by atoms with Gasteiger partial charge in [-0.05, 0) is 24.1 Å². The molecule has 1 aliphatic rings. The lowest BCUT2D eigenvalue weighted by atomic mass is 9.76. The lowest BCUT2D eigenvalue weighted by Gasteiger charge is -2.41. The van der Waals surface area contributed by atoms with Gasteiger partial charge in [0, 0.05) is 18.2 Å². The first-order valence-corrected chi connectivity index (χ1v) is 5.17. The third kappa shape index (κ3) is 1.40. The minimum atomic E-state index is 0.298. The van der Waals surface area contributed by atoms with Crippen molar-refractivity contribution in [2.75, 3.05) is 25.6 Å². The highest BCUT2D eigenvalue weighted by atomic mass is 16.5. The van der Waals surface area contributed by atoms with Crippen LogP contribution in [0.4, 0.5) is 5.69 Å². The maximum atomic E-state index is 5.32. The monoisotopic (exact) mass is 191 g/mol. The van der Waals surface area contributed by atoms with Crippen molar-refractivity contribution in [1.82, 2.24) is 0 Å². The Morgan fingerprint density at radius 1 is 1.29 bits per heavy atom. The van der Waals surface area contributed by atoms with E-state index in [1.165, 1.54) is 11.3 Å². The summed E-state index contributed by atoms with van der Waals surface area (Å²) in [6, 6.07) is 8.67. The summed E-state index contributed by atoms with van der Waals surface area (Å²) in [6.07, 6.45) is 1.16. The van der Waals surface area contributed by atoms with Crippen LogP contribution in [-0.4, -0.2) is 20.3 Å². The number of nitrogens with one attached hydrogen (secondary N) is 1. The summed E-state index contributed by atoms with van der Waals surface area (Å²) in [7, 11) is 1.94. The van der Waals surface area contributed by atoms with Gasteiger partial charge in [0.25, 0.3) is 0 Å². The molecule has 14 heavy (non-hydrogen) atoms. The number of benzene rings is 1. The Morgan fingerprint density at radius 2 is 1.93 bits per heavy atom. The molecule has 0 amide bonds. The summed E-state index contributed by atoms with van der Waals surface area (Å²) < 4.78 is 5.32. The van der Waals surface area contributed by atoms with E-state index < -0.39 is 0 Å². The maximum absolute atomic E-state index is 5.32. The second-order valence-corrected chi connectivity index (χ2v) is 3.95. The van der Waals surface area contributed by atoms with Gasteiger partial charge < -0.3 is 10.1 Å². The summed E-state index contributed by atoms with van der Waals surface area (Å²) in [5.41, 5.74) is 2.87. The van der Waals surface area contributed by atoms with Crippen LogP contribution in [0.2, 0.25) is 0 Å². The van der Waals surface area contributed by atoms with Crippen molar-refractivity contribution in [3.05, 3.63) is 29.8 Å². The van der Waals surface area contributed by atoms with E-state index in [9.17, 15) is 0 Å². The van der Waals surface area contributed by atoms with E-state index in [-0.39, 0.29) is 0 Å². The fourth-order valence-corrected chi connectivity index (χ4v) is 1.91. The van der Waals surface area contributed by atoms with Crippen LogP contribution in [0.3, 0.4) is 0 Å². The van der Waals surface area contributed by atoms with E-state index in [2.05, 4.69) is 36.5 Å². The van der Waals surface area contributed by atoms with Gasteiger partial charge in [0.05, 0.1) is 13.2 Å². The molecule has 0 spiro atoms. The molecular formula is C12H17NO. The number of rotatable bonds is 3. The zero-order chi connectivity index (χ0) is 10.0. The standard InChI is InChI=1S/C12H17NO/c1-3-12(8-14-9-12)10-4-6-11(13-2)7-5-10/h4-7,13H,3,8-9H2,1-2H3. The van der Waals surface area contributed by atoms with E-state index in [1.807, 2.05) is 7.05 Å². The third-order valence-electron chi connectivity index (χ3n) is 3.22. The molecule has 0 saturated carbocycles. The van der Waals surface area contributed by atoms with Crippen LogP contribution in [0.15, 0.2) is 24.3 Å². The minimum absolute atomic E-state index is 0.298. The van der Waals surface area contributed by atoms with E-state index in [0.29, 0.717) is 5.41 Å². The average Bonchev–Trinajstić information content (AvgIpc) is 2.18. The van der Waals surface area contributed by atoms with E-state index in [4.69, 9.17) is 4.74 Å². The zero-order valence-corrected chi connectivity index (χ0v) is 8.84. The van der Waals surface area contributed by atoms with Gasteiger partial charge in [-0.1, -0.05) is 19.1 Å². The summed E-state index contributed by atoms with van der Waals surface area (Å²) in [4.78, 5) is 0. The highest BCUT2D eigenvalue weighted by Gasteiger charge is 2.38. The molecule has 0 atom stereocenters. The molecule has 2 heteroatoms. The molecule has 0 radical (unpaired) electrons. The second-order valence-electron chi connectivity index (χ2n) is 3.95. The van der Waals surface area contributed by atoms with Gasteiger partial charge in [0.15, 0.2) is 0 Å². The molecule has 0 aromatic heterocycles. The van der Waals surface area contributed by atoms with Crippen LogP contribution in [0.1, 0.15) is 18.9 Å². The fourth-order valence-electron chi connectivity index (χ4n) is 1.91. The minimum Gasteiger partial charge on any atom is -0.388 e. The molecule has 1 aromatic rings. The van der Waals surface area contributed by atoms with Crippen LogP contribution in [0.25, 0.3) is 0 Å². The van der Waals surface area contributed by atoms with Crippen molar-refractivity contribution in [1.29, 1.82) is 0 Å². The summed E-state index contributed by atoms with van der Waals surface area (Å²) in [5.74, 6) is 0. The predicted octanol–water partition coefficient (Wildman–Crippen LogP) is 2.41. The maximum Gasteiger partial charge on any atom is 0.0585 e. The van der Waals surface area contributed by atoms with Crippen molar-refractivity contribution >= 4 is 5.69 Å². The fraction of sp³-hybridized carbons (Fsp3) is 0.500.